The Morgan fingerprint density at radius 1 is 1.28 bits per heavy atom. The molecule has 0 aromatic carbocycles. The van der Waals surface area contributed by atoms with Crippen molar-refractivity contribution < 1.29 is 9.53 Å². The van der Waals surface area contributed by atoms with Crippen molar-refractivity contribution in [3.8, 4) is 0 Å². The van der Waals surface area contributed by atoms with Gasteiger partial charge < -0.3 is 20.3 Å². The number of aliphatic imine (C=N–C) groups is 1. The SMILES string of the molecule is CC1CCN(C(CNC(=NCC(=O)N(C)C)NCC2CCCCO2)c2cccs2)CC1.I. The number of carbonyl (C=O) groups excluding carboxylic acids is 1. The third-order valence-electron chi connectivity index (χ3n) is 6.24. The van der Waals surface area contributed by atoms with Crippen molar-refractivity contribution in [2.75, 3.05) is 53.4 Å². The number of nitrogens with zero attached hydrogens (tertiary/aromatic N) is 3. The van der Waals surface area contributed by atoms with Crippen LogP contribution in [0, 0.1) is 5.92 Å². The lowest BCUT2D eigenvalue weighted by atomic mass is 9.97. The lowest BCUT2D eigenvalue weighted by Crippen LogP contribution is -2.47. The van der Waals surface area contributed by atoms with E-state index in [0.29, 0.717) is 18.5 Å². The molecular weight excluding hydrogens is 537 g/mol. The normalized spacial score (nSPS) is 21.5. The number of nitrogens with one attached hydrogen (secondary N) is 2. The van der Waals surface area contributed by atoms with Gasteiger partial charge >= 0.3 is 0 Å². The van der Waals surface area contributed by atoms with Gasteiger partial charge in [-0.25, -0.2) is 4.99 Å². The predicted octanol–water partition coefficient (Wildman–Crippen LogP) is 3.33. The molecule has 2 saturated heterocycles. The van der Waals surface area contributed by atoms with Gasteiger partial charge in [0, 0.05) is 38.7 Å². The van der Waals surface area contributed by atoms with E-state index >= 15 is 0 Å². The van der Waals surface area contributed by atoms with Gasteiger partial charge in [-0.2, -0.15) is 0 Å². The molecule has 0 bridgehead atoms. The number of piperidine rings is 1. The molecule has 1 aromatic rings. The van der Waals surface area contributed by atoms with Crippen LogP contribution < -0.4 is 10.6 Å². The molecule has 3 rings (SSSR count). The Labute approximate surface area is 214 Å². The van der Waals surface area contributed by atoms with Gasteiger partial charge in [-0.1, -0.05) is 13.0 Å². The molecule has 182 valence electrons. The molecule has 0 radical (unpaired) electrons. The van der Waals surface area contributed by atoms with E-state index in [9.17, 15) is 4.79 Å². The highest BCUT2D eigenvalue weighted by atomic mass is 127. The molecule has 1 aromatic heterocycles. The lowest BCUT2D eigenvalue weighted by Gasteiger charge is -2.36. The lowest BCUT2D eigenvalue weighted by molar-refractivity contribution is -0.127. The topological polar surface area (TPSA) is 69.2 Å². The van der Waals surface area contributed by atoms with Crippen LogP contribution in [0.2, 0.25) is 0 Å². The number of guanidine groups is 1. The molecule has 2 N–H and O–H groups in total. The van der Waals surface area contributed by atoms with Crippen molar-refractivity contribution in [1.82, 2.24) is 20.4 Å². The smallest absolute Gasteiger partial charge is 0.243 e. The van der Waals surface area contributed by atoms with Crippen LogP contribution in [-0.2, 0) is 9.53 Å². The van der Waals surface area contributed by atoms with E-state index in [4.69, 9.17) is 4.74 Å². The first-order chi connectivity index (χ1) is 15.0. The zero-order valence-corrected chi connectivity index (χ0v) is 22.9. The van der Waals surface area contributed by atoms with Gasteiger partial charge in [0.2, 0.25) is 5.91 Å². The number of rotatable bonds is 8. The molecule has 0 spiro atoms. The zero-order valence-electron chi connectivity index (χ0n) is 19.7. The third-order valence-corrected chi connectivity index (χ3v) is 7.21. The monoisotopic (exact) mass is 577 g/mol. The summed E-state index contributed by atoms with van der Waals surface area (Å²) in [6, 6.07) is 4.67. The number of hydrogen-bond acceptors (Lipinski definition) is 5. The van der Waals surface area contributed by atoms with E-state index < -0.39 is 0 Å². The van der Waals surface area contributed by atoms with E-state index in [2.05, 4.69) is 45.0 Å². The summed E-state index contributed by atoms with van der Waals surface area (Å²) >= 11 is 1.81. The van der Waals surface area contributed by atoms with Crippen molar-refractivity contribution in [1.29, 1.82) is 0 Å². The number of amides is 1. The standard InChI is InChI=1S/C23H39N5O2S.HI/c1-18-9-11-28(12-10-18)20(21-8-6-14-31-21)16-25-23(26-17-22(29)27(2)3)24-15-19-7-4-5-13-30-19;/h6,8,14,18-20H,4-5,7,9-13,15-17H2,1-3H3,(H2,24,25,26);1H. The Bertz CT molecular complexity index is 687. The summed E-state index contributed by atoms with van der Waals surface area (Å²) in [5.41, 5.74) is 0. The van der Waals surface area contributed by atoms with Crippen molar-refractivity contribution in [2.24, 2.45) is 10.9 Å². The molecule has 2 aliphatic heterocycles. The quantitative estimate of drug-likeness (QED) is 0.282. The van der Waals surface area contributed by atoms with Crippen LogP contribution in [0.4, 0.5) is 0 Å². The Morgan fingerprint density at radius 3 is 2.69 bits per heavy atom. The summed E-state index contributed by atoms with van der Waals surface area (Å²) in [4.78, 5) is 22.2. The highest BCUT2D eigenvalue weighted by Gasteiger charge is 2.25. The number of carbonyl (C=O) groups is 1. The van der Waals surface area contributed by atoms with E-state index in [1.807, 2.05) is 11.3 Å². The van der Waals surface area contributed by atoms with Crippen LogP contribution >= 0.6 is 35.3 Å². The van der Waals surface area contributed by atoms with E-state index in [0.717, 1.165) is 45.0 Å². The van der Waals surface area contributed by atoms with Gasteiger partial charge in [0.1, 0.15) is 6.54 Å². The van der Waals surface area contributed by atoms with Crippen molar-refractivity contribution in [2.45, 2.75) is 51.2 Å². The summed E-state index contributed by atoms with van der Waals surface area (Å²) in [6.07, 6.45) is 6.13. The maximum atomic E-state index is 12.1. The first-order valence-corrected chi connectivity index (χ1v) is 12.5. The second kappa shape index (κ2) is 14.4. The van der Waals surface area contributed by atoms with Crippen molar-refractivity contribution in [3.63, 3.8) is 0 Å². The summed E-state index contributed by atoms with van der Waals surface area (Å²) in [5, 5.41) is 9.10. The molecule has 9 heteroatoms. The Hall–Kier alpha value is -0.910. The van der Waals surface area contributed by atoms with Gasteiger partial charge in [-0.15, -0.1) is 35.3 Å². The fraction of sp³-hybridized carbons (Fsp3) is 0.739. The minimum absolute atomic E-state index is 0. The first kappa shape index (κ1) is 27.3. The molecular formula is C23H40IN5O2S. The van der Waals surface area contributed by atoms with E-state index in [1.54, 1.807) is 19.0 Å². The molecule has 2 aliphatic rings. The fourth-order valence-electron chi connectivity index (χ4n) is 4.07. The fourth-order valence-corrected chi connectivity index (χ4v) is 4.93. The second-order valence-corrected chi connectivity index (χ2v) is 9.93. The number of thiophene rings is 1. The molecule has 2 fully saturated rings. The van der Waals surface area contributed by atoms with Gasteiger partial charge in [-0.05, 0) is 62.6 Å². The summed E-state index contributed by atoms with van der Waals surface area (Å²) < 4.78 is 5.85. The average Bonchev–Trinajstić information content (AvgIpc) is 3.31. The average molecular weight is 578 g/mol. The van der Waals surface area contributed by atoms with Crippen LogP contribution in [0.25, 0.3) is 0 Å². The molecule has 2 unspecified atom stereocenters. The van der Waals surface area contributed by atoms with Crippen molar-refractivity contribution >= 4 is 47.2 Å². The molecule has 32 heavy (non-hydrogen) atoms. The molecule has 2 atom stereocenters. The molecule has 1 amide bonds. The molecule has 0 aliphatic carbocycles. The Kier molecular flexibility index (Phi) is 12.3. The van der Waals surface area contributed by atoms with E-state index in [-0.39, 0.29) is 42.5 Å². The minimum Gasteiger partial charge on any atom is -0.376 e. The highest BCUT2D eigenvalue weighted by molar-refractivity contribution is 14.0. The van der Waals surface area contributed by atoms with Gasteiger partial charge in [0.15, 0.2) is 5.96 Å². The maximum Gasteiger partial charge on any atom is 0.243 e. The molecule has 3 heterocycles. The summed E-state index contributed by atoms with van der Waals surface area (Å²) in [7, 11) is 3.52. The second-order valence-electron chi connectivity index (χ2n) is 8.95. The minimum atomic E-state index is -0.00478. The van der Waals surface area contributed by atoms with Crippen molar-refractivity contribution in [3.05, 3.63) is 22.4 Å². The van der Waals surface area contributed by atoms with Crippen LogP contribution in [0.1, 0.15) is 49.9 Å². The number of ether oxygens (including phenoxy) is 1. The Balaban J connectivity index is 0.00000363. The highest BCUT2D eigenvalue weighted by Crippen LogP contribution is 2.29. The molecule has 7 nitrogen and oxygen atoms in total. The van der Waals surface area contributed by atoms with Gasteiger partial charge in [-0.3, -0.25) is 9.69 Å². The summed E-state index contributed by atoms with van der Waals surface area (Å²) in [5.74, 6) is 1.49. The maximum absolute atomic E-state index is 12.1. The van der Waals surface area contributed by atoms with Crippen LogP contribution in [0.15, 0.2) is 22.5 Å². The number of likely N-dealkylation sites (tertiary alicyclic amines) is 1. The number of likely N-dealkylation sites (N-methyl/N-ethyl adjacent to an activating group) is 1. The number of halogens is 1. The largest absolute Gasteiger partial charge is 0.376 e. The summed E-state index contributed by atoms with van der Waals surface area (Å²) in [6.45, 7) is 7.05. The van der Waals surface area contributed by atoms with Crippen LogP contribution in [0.5, 0.6) is 0 Å². The van der Waals surface area contributed by atoms with Crippen LogP contribution in [0.3, 0.4) is 0 Å². The zero-order chi connectivity index (χ0) is 22.1. The molecule has 0 saturated carbocycles. The third kappa shape index (κ3) is 8.79. The number of hydrogen-bond donors (Lipinski definition) is 2. The van der Waals surface area contributed by atoms with E-state index in [1.165, 1.54) is 24.1 Å². The van der Waals surface area contributed by atoms with Gasteiger partial charge in [0.25, 0.3) is 0 Å². The predicted molar refractivity (Wildman–Crippen MR) is 143 cm³/mol. The Morgan fingerprint density at radius 2 is 2.06 bits per heavy atom. The van der Waals surface area contributed by atoms with Gasteiger partial charge in [0.05, 0.1) is 12.1 Å². The van der Waals surface area contributed by atoms with Crippen LogP contribution in [-0.4, -0.2) is 81.2 Å². The first-order valence-electron chi connectivity index (χ1n) is 11.6.